The van der Waals surface area contributed by atoms with Crippen LogP contribution < -0.4 is 5.32 Å². The van der Waals surface area contributed by atoms with Crippen molar-refractivity contribution in [3.63, 3.8) is 0 Å². The third-order valence-electron chi connectivity index (χ3n) is 5.19. The Balaban J connectivity index is 1.66. The number of rotatable bonds is 6. The molecule has 7 heteroatoms. The summed E-state index contributed by atoms with van der Waals surface area (Å²) in [7, 11) is -3.12. The van der Waals surface area contributed by atoms with Crippen molar-refractivity contribution in [2.24, 2.45) is 17.8 Å². The predicted octanol–water partition coefficient (Wildman–Crippen LogP) is 1.14. The van der Waals surface area contributed by atoms with Crippen LogP contribution in [0.1, 0.15) is 39.5 Å². The Morgan fingerprint density at radius 3 is 2.17 bits per heavy atom. The molecule has 0 aliphatic carbocycles. The van der Waals surface area contributed by atoms with Crippen molar-refractivity contribution in [3.8, 4) is 0 Å². The van der Waals surface area contributed by atoms with E-state index in [-0.39, 0.29) is 11.8 Å². The molecule has 0 radical (unpaired) electrons. The molecule has 2 rings (SSSR count). The fraction of sp³-hybridized carbons (Fsp3) is 0.941. The van der Waals surface area contributed by atoms with Crippen LogP contribution in [0.4, 0.5) is 0 Å². The molecule has 6 nitrogen and oxygen atoms in total. The molecule has 0 saturated carbocycles. The van der Waals surface area contributed by atoms with Gasteiger partial charge in [-0.15, -0.1) is 0 Å². The first-order chi connectivity index (χ1) is 11.3. The zero-order valence-corrected chi connectivity index (χ0v) is 16.1. The van der Waals surface area contributed by atoms with Gasteiger partial charge < -0.3 is 10.2 Å². The first kappa shape index (κ1) is 19.7. The molecule has 0 aromatic carbocycles. The maximum Gasteiger partial charge on any atom is 0.223 e. The first-order valence-electron chi connectivity index (χ1n) is 9.21. The van der Waals surface area contributed by atoms with Crippen molar-refractivity contribution in [3.05, 3.63) is 0 Å². The molecule has 0 aromatic rings. The fourth-order valence-corrected chi connectivity index (χ4v) is 4.60. The molecule has 1 amide bonds. The number of hydrogen-bond donors (Lipinski definition) is 1. The molecule has 2 aliphatic rings. The number of likely N-dealkylation sites (tertiary alicyclic amines) is 1. The summed E-state index contributed by atoms with van der Waals surface area (Å²) in [6.07, 6.45) is 4.80. The normalized spacial score (nSPS) is 22.8. The molecular formula is C17H33N3O3S. The molecule has 140 valence electrons. The van der Waals surface area contributed by atoms with Crippen LogP contribution in [0.5, 0.6) is 0 Å². The summed E-state index contributed by atoms with van der Waals surface area (Å²) < 4.78 is 24.5. The fourth-order valence-electron chi connectivity index (χ4n) is 3.73. The average Bonchev–Trinajstić information content (AvgIpc) is 2.52. The lowest BCUT2D eigenvalue weighted by molar-refractivity contribution is -0.126. The van der Waals surface area contributed by atoms with E-state index >= 15 is 0 Å². The van der Waals surface area contributed by atoms with E-state index in [1.54, 1.807) is 0 Å². The van der Waals surface area contributed by atoms with Crippen LogP contribution in [-0.2, 0) is 14.8 Å². The molecule has 24 heavy (non-hydrogen) atoms. The van der Waals surface area contributed by atoms with Crippen LogP contribution in [-0.4, -0.2) is 69.1 Å². The van der Waals surface area contributed by atoms with E-state index in [4.69, 9.17) is 0 Å². The van der Waals surface area contributed by atoms with Crippen LogP contribution in [0.25, 0.3) is 0 Å². The van der Waals surface area contributed by atoms with Crippen LogP contribution in [0.15, 0.2) is 0 Å². The van der Waals surface area contributed by atoms with Crippen LogP contribution >= 0.6 is 0 Å². The second-order valence-corrected chi connectivity index (χ2v) is 9.80. The van der Waals surface area contributed by atoms with Gasteiger partial charge in [0, 0.05) is 32.1 Å². The zero-order chi connectivity index (χ0) is 17.7. The molecule has 0 spiro atoms. The Bertz CT molecular complexity index is 505. The minimum Gasteiger partial charge on any atom is -0.356 e. The van der Waals surface area contributed by atoms with E-state index in [2.05, 4.69) is 24.1 Å². The highest BCUT2D eigenvalue weighted by molar-refractivity contribution is 7.88. The molecule has 2 heterocycles. The van der Waals surface area contributed by atoms with Crippen LogP contribution in [0.3, 0.4) is 0 Å². The van der Waals surface area contributed by atoms with E-state index in [9.17, 15) is 13.2 Å². The summed E-state index contributed by atoms with van der Waals surface area (Å²) in [5, 5.41) is 3.11. The molecule has 2 saturated heterocycles. The van der Waals surface area contributed by atoms with Gasteiger partial charge in [-0.3, -0.25) is 4.79 Å². The smallest absolute Gasteiger partial charge is 0.223 e. The second kappa shape index (κ2) is 8.63. The summed E-state index contributed by atoms with van der Waals surface area (Å²) in [6, 6.07) is 0. The maximum absolute atomic E-state index is 12.3. The molecule has 0 unspecified atom stereocenters. The molecule has 1 N–H and O–H groups in total. The largest absolute Gasteiger partial charge is 0.356 e. The van der Waals surface area contributed by atoms with Gasteiger partial charge >= 0.3 is 0 Å². The van der Waals surface area contributed by atoms with E-state index < -0.39 is 10.0 Å². The SMILES string of the molecule is CC(C)CN1CCC(CNC(=O)C2CCN(S(C)(=O)=O)CC2)CC1. The molecular weight excluding hydrogens is 326 g/mol. The lowest BCUT2D eigenvalue weighted by Crippen LogP contribution is -2.44. The van der Waals surface area contributed by atoms with E-state index in [1.807, 2.05) is 0 Å². The van der Waals surface area contributed by atoms with Gasteiger partial charge in [0.05, 0.1) is 6.26 Å². The van der Waals surface area contributed by atoms with E-state index in [0.717, 1.165) is 39.0 Å². The predicted molar refractivity (Wildman–Crippen MR) is 96.2 cm³/mol. The highest BCUT2D eigenvalue weighted by Gasteiger charge is 2.29. The number of piperidine rings is 2. The topological polar surface area (TPSA) is 69.7 Å². The third kappa shape index (κ3) is 6.01. The summed E-state index contributed by atoms with van der Waals surface area (Å²) in [5.74, 6) is 1.35. The molecule has 0 bridgehead atoms. The van der Waals surface area contributed by atoms with Crippen LogP contribution in [0.2, 0.25) is 0 Å². The third-order valence-corrected chi connectivity index (χ3v) is 6.49. The van der Waals surface area contributed by atoms with Gasteiger partial charge in [-0.2, -0.15) is 0 Å². The minimum atomic E-state index is -3.12. The number of carbonyl (C=O) groups excluding carboxylic acids is 1. The summed E-state index contributed by atoms with van der Waals surface area (Å²) in [6.45, 7) is 9.62. The molecule has 0 aromatic heterocycles. The Morgan fingerprint density at radius 1 is 1.08 bits per heavy atom. The standard InChI is InChI=1S/C17H33N3O3S/c1-14(2)13-19-8-4-15(5-9-19)12-18-17(21)16-6-10-20(11-7-16)24(3,22)23/h14-16H,4-13H2,1-3H3,(H,18,21). The van der Waals surface area contributed by atoms with Crippen molar-refractivity contribution < 1.29 is 13.2 Å². The average molecular weight is 360 g/mol. The van der Waals surface area contributed by atoms with Gasteiger partial charge in [-0.05, 0) is 50.6 Å². The molecule has 2 fully saturated rings. The van der Waals surface area contributed by atoms with Crippen molar-refractivity contribution in [1.29, 1.82) is 0 Å². The molecule has 2 aliphatic heterocycles. The summed E-state index contributed by atoms with van der Waals surface area (Å²) >= 11 is 0. The Labute approximate surface area is 147 Å². The summed E-state index contributed by atoms with van der Waals surface area (Å²) in [5.41, 5.74) is 0. The summed E-state index contributed by atoms with van der Waals surface area (Å²) in [4.78, 5) is 14.8. The van der Waals surface area contributed by atoms with Crippen molar-refractivity contribution in [2.75, 3.05) is 45.5 Å². The lowest BCUT2D eigenvalue weighted by Gasteiger charge is -2.33. The van der Waals surface area contributed by atoms with Gasteiger partial charge in [0.25, 0.3) is 0 Å². The monoisotopic (exact) mass is 359 g/mol. The second-order valence-electron chi connectivity index (χ2n) is 7.82. The van der Waals surface area contributed by atoms with Crippen LogP contribution in [0, 0.1) is 17.8 Å². The Kier molecular flexibility index (Phi) is 7.07. The number of nitrogens with one attached hydrogen (secondary N) is 1. The highest BCUT2D eigenvalue weighted by Crippen LogP contribution is 2.21. The number of hydrogen-bond acceptors (Lipinski definition) is 4. The lowest BCUT2D eigenvalue weighted by atomic mass is 9.94. The zero-order valence-electron chi connectivity index (χ0n) is 15.3. The van der Waals surface area contributed by atoms with Gasteiger partial charge in [0.2, 0.25) is 15.9 Å². The number of amides is 1. The number of nitrogens with zero attached hydrogens (tertiary/aromatic N) is 2. The van der Waals surface area contributed by atoms with Gasteiger partial charge in [-0.25, -0.2) is 12.7 Å². The quantitative estimate of drug-likeness (QED) is 0.772. The van der Waals surface area contributed by atoms with Crippen molar-refractivity contribution >= 4 is 15.9 Å². The minimum absolute atomic E-state index is 0.0379. The van der Waals surface area contributed by atoms with E-state index in [1.165, 1.54) is 10.6 Å². The van der Waals surface area contributed by atoms with Crippen molar-refractivity contribution in [2.45, 2.75) is 39.5 Å². The maximum atomic E-state index is 12.3. The van der Waals surface area contributed by atoms with Gasteiger partial charge in [-0.1, -0.05) is 13.8 Å². The van der Waals surface area contributed by atoms with Gasteiger partial charge in [0.1, 0.15) is 0 Å². The molecule has 0 atom stereocenters. The Hall–Kier alpha value is -0.660. The van der Waals surface area contributed by atoms with Gasteiger partial charge in [0.15, 0.2) is 0 Å². The van der Waals surface area contributed by atoms with Crippen molar-refractivity contribution in [1.82, 2.24) is 14.5 Å². The number of sulfonamides is 1. The first-order valence-corrected chi connectivity index (χ1v) is 11.1. The Morgan fingerprint density at radius 2 is 1.67 bits per heavy atom. The highest BCUT2D eigenvalue weighted by atomic mass is 32.2. The number of carbonyl (C=O) groups is 1. The van der Waals surface area contributed by atoms with E-state index in [0.29, 0.717) is 37.8 Å².